The fourth-order valence-electron chi connectivity index (χ4n) is 8.86. The molecule has 1 aliphatic heterocycles. The Morgan fingerprint density at radius 3 is 2.39 bits per heavy atom. The average molecular weight is 523 g/mol. The molecule has 4 fully saturated rings. The highest BCUT2D eigenvalue weighted by Crippen LogP contribution is 2.60. The van der Waals surface area contributed by atoms with Crippen molar-refractivity contribution in [2.45, 2.75) is 83.0 Å². The zero-order valence-corrected chi connectivity index (χ0v) is 22.6. The van der Waals surface area contributed by atoms with Gasteiger partial charge in [0.15, 0.2) is 0 Å². The molecule has 38 heavy (non-hydrogen) atoms. The largest absolute Gasteiger partial charge is 0.486 e. The van der Waals surface area contributed by atoms with E-state index in [0.717, 1.165) is 42.6 Å². The Morgan fingerprint density at radius 1 is 1.11 bits per heavy atom. The zero-order chi connectivity index (χ0) is 26.6. The standard InChI is InChI=1S/C31H42N2O5/c1-18(2)9-26(35)33(17-31-14-19-10-20(15-31)12-21(11-19)16-31)24-13-23(30(37)32-7-8-34)27-22-5-3-4-6-25(22)38-29(27)28(24)36/h3-6,13,18-21,24,27-29,34,36H,7-12,14-17H2,1-2H3,(H,32,37)/t19?,20?,21?,24-,27+,28+,29+,31?/m1/s1. The van der Waals surface area contributed by atoms with E-state index < -0.39 is 24.2 Å². The maximum Gasteiger partial charge on any atom is 0.247 e. The third-order valence-corrected chi connectivity index (χ3v) is 9.81. The van der Waals surface area contributed by atoms with E-state index in [1.54, 1.807) is 0 Å². The van der Waals surface area contributed by atoms with Gasteiger partial charge in [-0.3, -0.25) is 9.59 Å². The van der Waals surface area contributed by atoms with Crippen LogP contribution >= 0.6 is 0 Å². The van der Waals surface area contributed by atoms with Crippen LogP contribution in [0.5, 0.6) is 5.75 Å². The monoisotopic (exact) mass is 522 g/mol. The van der Waals surface area contributed by atoms with Crippen molar-refractivity contribution in [3.63, 3.8) is 0 Å². The van der Waals surface area contributed by atoms with Crippen molar-refractivity contribution in [3.05, 3.63) is 41.5 Å². The molecule has 1 aromatic rings. The van der Waals surface area contributed by atoms with Crippen molar-refractivity contribution >= 4 is 11.8 Å². The van der Waals surface area contributed by atoms with Crippen molar-refractivity contribution in [1.29, 1.82) is 0 Å². The zero-order valence-electron chi connectivity index (χ0n) is 22.6. The number of rotatable bonds is 8. The fourth-order valence-corrected chi connectivity index (χ4v) is 8.86. The number of aliphatic hydroxyl groups excluding tert-OH is 2. The molecule has 0 unspecified atom stereocenters. The van der Waals surface area contributed by atoms with Crippen LogP contribution in [0.25, 0.3) is 0 Å². The smallest absolute Gasteiger partial charge is 0.247 e. The highest BCUT2D eigenvalue weighted by molar-refractivity contribution is 5.96. The first-order valence-corrected chi connectivity index (χ1v) is 14.6. The summed E-state index contributed by atoms with van der Waals surface area (Å²) in [5.74, 6) is 2.48. The molecule has 0 aromatic heterocycles. The van der Waals surface area contributed by atoms with Gasteiger partial charge in [-0.2, -0.15) is 0 Å². The van der Waals surface area contributed by atoms with E-state index in [4.69, 9.17) is 4.74 Å². The number of carbonyl (C=O) groups is 2. The Morgan fingerprint density at radius 2 is 1.76 bits per heavy atom. The molecule has 5 aliphatic carbocycles. The quantitative estimate of drug-likeness (QED) is 0.486. The Bertz CT molecular complexity index is 1080. The Kier molecular flexibility index (Phi) is 6.79. The van der Waals surface area contributed by atoms with Crippen LogP contribution in [0.1, 0.15) is 70.3 Å². The second-order valence-electron chi connectivity index (χ2n) is 13.2. The summed E-state index contributed by atoms with van der Waals surface area (Å²) >= 11 is 0. The number of hydrogen-bond acceptors (Lipinski definition) is 5. The minimum atomic E-state index is -0.952. The number of nitrogens with one attached hydrogen (secondary N) is 1. The summed E-state index contributed by atoms with van der Waals surface area (Å²) in [4.78, 5) is 29.2. The molecule has 4 atom stereocenters. The fraction of sp³-hybridized carbons (Fsp3) is 0.677. The minimum absolute atomic E-state index is 0.0418. The van der Waals surface area contributed by atoms with E-state index in [-0.39, 0.29) is 36.3 Å². The molecule has 7 rings (SSSR count). The predicted molar refractivity (Wildman–Crippen MR) is 143 cm³/mol. The number of carbonyl (C=O) groups excluding carboxylic acids is 2. The highest BCUT2D eigenvalue weighted by atomic mass is 16.5. The van der Waals surface area contributed by atoms with E-state index in [1.165, 1.54) is 19.3 Å². The van der Waals surface area contributed by atoms with E-state index >= 15 is 0 Å². The molecule has 0 saturated heterocycles. The van der Waals surface area contributed by atoms with Crippen molar-refractivity contribution in [2.75, 3.05) is 19.7 Å². The normalized spacial score (nSPS) is 36.3. The summed E-state index contributed by atoms with van der Waals surface area (Å²) in [5.41, 5.74) is 1.49. The molecule has 3 N–H and O–H groups in total. The number of fused-ring (bicyclic) bond motifs is 3. The van der Waals surface area contributed by atoms with E-state index in [2.05, 4.69) is 19.2 Å². The molecule has 2 amide bonds. The number of benzene rings is 1. The number of amides is 2. The van der Waals surface area contributed by atoms with Gasteiger partial charge in [0.1, 0.15) is 18.0 Å². The first-order valence-electron chi connectivity index (χ1n) is 14.6. The van der Waals surface area contributed by atoms with Gasteiger partial charge < -0.3 is 25.2 Å². The van der Waals surface area contributed by atoms with Gasteiger partial charge in [0.05, 0.1) is 18.6 Å². The Hall–Kier alpha value is -2.38. The van der Waals surface area contributed by atoms with Crippen molar-refractivity contribution < 1.29 is 24.5 Å². The van der Waals surface area contributed by atoms with Gasteiger partial charge >= 0.3 is 0 Å². The Labute approximate surface area is 225 Å². The second-order valence-corrected chi connectivity index (χ2v) is 13.2. The first-order chi connectivity index (χ1) is 18.3. The summed E-state index contributed by atoms with van der Waals surface area (Å²) in [5, 5.41) is 24.0. The van der Waals surface area contributed by atoms with E-state index in [1.807, 2.05) is 35.2 Å². The topological polar surface area (TPSA) is 99.1 Å². The molecule has 4 saturated carbocycles. The van der Waals surface area contributed by atoms with Crippen LogP contribution < -0.4 is 10.1 Å². The summed E-state index contributed by atoms with van der Waals surface area (Å²) in [7, 11) is 0. The van der Waals surface area contributed by atoms with Gasteiger partial charge in [-0.1, -0.05) is 32.0 Å². The number of aliphatic hydroxyl groups is 2. The van der Waals surface area contributed by atoms with Crippen molar-refractivity contribution in [2.24, 2.45) is 29.1 Å². The van der Waals surface area contributed by atoms with Crippen LogP contribution in [0.3, 0.4) is 0 Å². The number of ether oxygens (including phenoxy) is 1. The van der Waals surface area contributed by atoms with Gasteiger partial charge in [0.2, 0.25) is 11.8 Å². The third-order valence-electron chi connectivity index (χ3n) is 9.81. The SMILES string of the molecule is CC(C)CC(=O)N(CC12CC3CC(CC(C3)C1)C2)[C@@H]1C=C(C(=O)NCCO)[C@@H]2c3ccccc3O[C@@H]2[C@H]1O. The van der Waals surface area contributed by atoms with Gasteiger partial charge in [0.25, 0.3) is 0 Å². The lowest BCUT2D eigenvalue weighted by Gasteiger charge is -2.58. The maximum atomic E-state index is 13.9. The van der Waals surface area contributed by atoms with Crippen LogP contribution in [0.2, 0.25) is 0 Å². The molecule has 7 nitrogen and oxygen atoms in total. The molecule has 0 radical (unpaired) electrons. The van der Waals surface area contributed by atoms with Crippen molar-refractivity contribution in [3.8, 4) is 5.75 Å². The summed E-state index contributed by atoms with van der Waals surface area (Å²) < 4.78 is 6.28. The molecule has 1 heterocycles. The maximum absolute atomic E-state index is 13.9. The van der Waals surface area contributed by atoms with Gasteiger partial charge in [0, 0.05) is 30.6 Å². The number of hydrogen-bond donors (Lipinski definition) is 3. The van der Waals surface area contributed by atoms with Crippen LogP contribution in [0.15, 0.2) is 35.9 Å². The molecule has 0 spiro atoms. The van der Waals surface area contributed by atoms with Gasteiger partial charge in [-0.25, -0.2) is 0 Å². The first kappa shape index (κ1) is 25.9. The molecule has 206 valence electrons. The molecule has 4 bridgehead atoms. The van der Waals surface area contributed by atoms with Crippen LogP contribution in [0.4, 0.5) is 0 Å². The molecule has 7 heteroatoms. The van der Waals surface area contributed by atoms with Crippen LogP contribution in [-0.4, -0.2) is 64.9 Å². The van der Waals surface area contributed by atoms with Crippen LogP contribution in [0, 0.1) is 29.1 Å². The van der Waals surface area contributed by atoms with E-state index in [0.29, 0.717) is 24.3 Å². The lowest BCUT2D eigenvalue weighted by Crippen LogP contribution is -2.60. The van der Waals surface area contributed by atoms with Crippen molar-refractivity contribution in [1.82, 2.24) is 10.2 Å². The van der Waals surface area contributed by atoms with Crippen LogP contribution in [-0.2, 0) is 9.59 Å². The lowest BCUT2D eigenvalue weighted by molar-refractivity contribution is -0.145. The highest BCUT2D eigenvalue weighted by Gasteiger charge is 2.55. The third kappa shape index (κ3) is 4.56. The predicted octanol–water partition coefficient (Wildman–Crippen LogP) is 3.40. The summed E-state index contributed by atoms with van der Waals surface area (Å²) in [6.45, 7) is 4.73. The molecule has 6 aliphatic rings. The molecule has 1 aromatic carbocycles. The molecular formula is C31H42N2O5. The minimum Gasteiger partial charge on any atom is -0.486 e. The molecular weight excluding hydrogens is 480 g/mol. The lowest BCUT2D eigenvalue weighted by atomic mass is 9.49. The summed E-state index contributed by atoms with van der Waals surface area (Å²) in [6.07, 6.45) is 8.11. The van der Waals surface area contributed by atoms with Gasteiger partial charge in [-0.05, 0) is 79.8 Å². The Balaban J connectivity index is 1.37. The second kappa shape index (κ2) is 9.98. The van der Waals surface area contributed by atoms with Gasteiger partial charge in [-0.15, -0.1) is 0 Å². The summed E-state index contributed by atoms with van der Waals surface area (Å²) in [6, 6.07) is 6.98. The average Bonchev–Trinajstić information content (AvgIpc) is 3.25. The van der Waals surface area contributed by atoms with E-state index in [9.17, 15) is 19.8 Å². The number of para-hydroxylation sites is 1. The number of nitrogens with zero attached hydrogens (tertiary/aromatic N) is 1.